The average molecular weight is 497 g/mol. The Balaban J connectivity index is 1.59. The summed E-state index contributed by atoms with van der Waals surface area (Å²) in [5.74, 6) is 0.652. The van der Waals surface area contributed by atoms with Crippen molar-refractivity contribution >= 4 is 50.1 Å². The highest BCUT2D eigenvalue weighted by Gasteiger charge is 2.21. The average Bonchev–Trinajstić information content (AvgIpc) is 3.35. The summed E-state index contributed by atoms with van der Waals surface area (Å²) in [5, 5.41) is 6.77. The molecule has 7 nitrogen and oxygen atoms in total. The molecule has 0 aromatic heterocycles. The molecular formula is C25H28N4O3S2. The van der Waals surface area contributed by atoms with Crippen LogP contribution in [0.2, 0.25) is 0 Å². The van der Waals surface area contributed by atoms with Crippen LogP contribution in [0.25, 0.3) is 0 Å². The first-order valence-electron chi connectivity index (χ1n) is 11.0. The maximum Gasteiger partial charge on any atom is 0.261 e. The molecule has 0 radical (unpaired) electrons. The van der Waals surface area contributed by atoms with E-state index in [1.54, 1.807) is 43.5 Å². The summed E-state index contributed by atoms with van der Waals surface area (Å²) in [4.78, 5) is 2.39. The smallest absolute Gasteiger partial charge is 0.261 e. The summed E-state index contributed by atoms with van der Waals surface area (Å²) in [6, 6.07) is 19.7. The molecule has 1 saturated heterocycles. The number of anilines is 4. The van der Waals surface area contributed by atoms with Crippen molar-refractivity contribution in [1.82, 2.24) is 0 Å². The van der Waals surface area contributed by atoms with Crippen molar-refractivity contribution in [3.05, 3.63) is 72.3 Å². The van der Waals surface area contributed by atoms with E-state index < -0.39 is 10.0 Å². The molecule has 0 aliphatic carbocycles. The lowest BCUT2D eigenvalue weighted by Gasteiger charge is -2.23. The summed E-state index contributed by atoms with van der Waals surface area (Å²) in [5.41, 5.74) is 4.03. The fraction of sp³-hybridized carbons (Fsp3) is 0.240. The summed E-state index contributed by atoms with van der Waals surface area (Å²) >= 11 is 5.53. The Kier molecular flexibility index (Phi) is 7.23. The molecule has 0 atom stereocenters. The van der Waals surface area contributed by atoms with E-state index in [2.05, 4.69) is 20.3 Å². The minimum Gasteiger partial charge on any atom is -0.497 e. The van der Waals surface area contributed by atoms with Crippen LogP contribution in [-0.4, -0.2) is 33.7 Å². The molecule has 0 spiro atoms. The third-order valence-corrected chi connectivity index (χ3v) is 7.21. The highest BCUT2D eigenvalue weighted by atomic mass is 32.2. The molecule has 178 valence electrons. The van der Waals surface area contributed by atoms with Crippen molar-refractivity contribution in [3.63, 3.8) is 0 Å². The van der Waals surface area contributed by atoms with E-state index in [4.69, 9.17) is 17.0 Å². The molecule has 3 N–H and O–H groups in total. The van der Waals surface area contributed by atoms with Gasteiger partial charge in [-0.25, -0.2) is 8.42 Å². The quantitative estimate of drug-likeness (QED) is 0.387. The van der Waals surface area contributed by atoms with Crippen molar-refractivity contribution in [3.8, 4) is 5.75 Å². The third-order valence-electron chi connectivity index (χ3n) is 5.62. The van der Waals surface area contributed by atoms with E-state index >= 15 is 0 Å². The number of nitrogens with one attached hydrogen (secondary N) is 3. The second kappa shape index (κ2) is 10.3. The van der Waals surface area contributed by atoms with Crippen LogP contribution in [0, 0.1) is 6.92 Å². The van der Waals surface area contributed by atoms with E-state index in [-0.39, 0.29) is 4.90 Å². The van der Waals surface area contributed by atoms with Crippen molar-refractivity contribution in [2.75, 3.05) is 40.5 Å². The van der Waals surface area contributed by atoms with Gasteiger partial charge in [0.25, 0.3) is 10.0 Å². The summed E-state index contributed by atoms with van der Waals surface area (Å²) in [6.07, 6.45) is 2.20. The first kappa shape index (κ1) is 23.8. The van der Waals surface area contributed by atoms with Gasteiger partial charge in [0.1, 0.15) is 5.75 Å². The third kappa shape index (κ3) is 5.78. The van der Waals surface area contributed by atoms with Gasteiger partial charge in [-0.1, -0.05) is 17.7 Å². The maximum absolute atomic E-state index is 13.1. The SMILES string of the molecule is COc1ccc(NS(=O)(=O)c2ccc(N3CCCC3)c(NC(=S)Nc3ccc(C)cc3)c2)cc1. The molecule has 34 heavy (non-hydrogen) atoms. The van der Waals surface area contributed by atoms with E-state index in [9.17, 15) is 8.42 Å². The van der Waals surface area contributed by atoms with Crippen LogP contribution in [0.15, 0.2) is 71.6 Å². The molecule has 1 fully saturated rings. The predicted molar refractivity (Wildman–Crippen MR) is 143 cm³/mol. The number of aryl methyl sites for hydroxylation is 1. The first-order chi connectivity index (χ1) is 16.3. The lowest BCUT2D eigenvalue weighted by molar-refractivity contribution is 0.415. The van der Waals surface area contributed by atoms with Gasteiger partial charge in [0.2, 0.25) is 0 Å². The molecule has 0 bridgehead atoms. The topological polar surface area (TPSA) is 82.7 Å². The highest BCUT2D eigenvalue weighted by molar-refractivity contribution is 7.92. The molecule has 1 heterocycles. The number of rotatable bonds is 7. The molecule has 9 heteroatoms. The monoisotopic (exact) mass is 496 g/mol. The van der Waals surface area contributed by atoms with Gasteiger partial charge in [-0.05, 0) is 86.6 Å². The van der Waals surface area contributed by atoms with Crippen LogP contribution in [0.3, 0.4) is 0 Å². The van der Waals surface area contributed by atoms with Gasteiger partial charge >= 0.3 is 0 Å². The largest absolute Gasteiger partial charge is 0.497 e. The summed E-state index contributed by atoms with van der Waals surface area (Å²) in [6.45, 7) is 3.86. The van der Waals surface area contributed by atoms with Crippen LogP contribution >= 0.6 is 12.2 Å². The zero-order valence-corrected chi connectivity index (χ0v) is 20.8. The zero-order chi connectivity index (χ0) is 24.1. The maximum atomic E-state index is 13.1. The van der Waals surface area contributed by atoms with Gasteiger partial charge in [-0.15, -0.1) is 0 Å². The molecule has 3 aromatic carbocycles. The number of sulfonamides is 1. The van der Waals surface area contributed by atoms with Gasteiger partial charge in [0, 0.05) is 24.5 Å². The Labute approximate surface area is 206 Å². The summed E-state index contributed by atoms with van der Waals surface area (Å²) in [7, 11) is -2.24. The Morgan fingerprint density at radius 1 is 0.912 bits per heavy atom. The molecule has 3 aromatic rings. The zero-order valence-electron chi connectivity index (χ0n) is 19.2. The van der Waals surface area contributed by atoms with Crippen LogP contribution in [0.5, 0.6) is 5.75 Å². The van der Waals surface area contributed by atoms with Crippen molar-refractivity contribution in [2.24, 2.45) is 0 Å². The lowest BCUT2D eigenvalue weighted by atomic mass is 10.2. The number of benzene rings is 3. The van der Waals surface area contributed by atoms with Crippen molar-refractivity contribution in [1.29, 1.82) is 0 Å². The van der Waals surface area contributed by atoms with E-state index in [1.807, 2.05) is 37.3 Å². The highest BCUT2D eigenvalue weighted by Crippen LogP contribution is 2.32. The fourth-order valence-electron chi connectivity index (χ4n) is 3.81. The van der Waals surface area contributed by atoms with Gasteiger partial charge in [-0.3, -0.25) is 4.72 Å². The standard InChI is InChI=1S/C25H28N4O3S2/c1-18-5-7-19(8-6-18)26-25(33)27-23-17-22(13-14-24(23)29-15-3-4-16-29)34(30,31)28-20-9-11-21(32-2)12-10-20/h5-14,17,28H,3-4,15-16H2,1-2H3,(H2,26,27,33). The molecular weight excluding hydrogens is 468 g/mol. The van der Waals surface area contributed by atoms with Crippen molar-refractivity contribution < 1.29 is 13.2 Å². The number of nitrogens with zero attached hydrogens (tertiary/aromatic N) is 1. The van der Waals surface area contributed by atoms with Crippen molar-refractivity contribution in [2.45, 2.75) is 24.7 Å². The number of thiocarbonyl (C=S) groups is 1. The fourth-order valence-corrected chi connectivity index (χ4v) is 5.12. The van der Waals surface area contributed by atoms with Gasteiger partial charge in [-0.2, -0.15) is 0 Å². The molecule has 1 aliphatic heterocycles. The first-order valence-corrected chi connectivity index (χ1v) is 12.9. The van der Waals surface area contributed by atoms with Crippen LogP contribution in [-0.2, 0) is 10.0 Å². The number of hydrogen-bond acceptors (Lipinski definition) is 5. The Bertz CT molecular complexity index is 1250. The van der Waals surface area contributed by atoms with Crippen LogP contribution in [0.4, 0.5) is 22.7 Å². The normalized spacial score (nSPS) is 13.4. The number of ether oxygens (including phenoxy) is 1. The Morgan fingerprint density at radius 2 is 1.56 bits per heavy atom. The lowest BCUT2D eigenvalue weighted by Crippen LogP contribution is -2.24. The van der Waals surface area contributed by atoms with E-state index in [1.165, 1.54) is 0 Å². The Morgan fingerprint density at radius 3 is 2.21 bits per heavy atom. The van der Waals surface area contributed by atoms with Gasteiger partial charge in [0.05, 0.1) is 23.4 Å². The van der Waals surface area contributed by atoms with Gasteiger partial charge < -0.3 is 20.3 Å². The van der Waals surface area contributed by atoms with Crippen LogP contribution in [0.1, 0.15) is 18.4 Å². The van der Waals surface area contributed by atoms with Gasteiger partial charge in [0.15, 0.2) is 5.11 Å². The Hall–Kier alpha value is -3.30. The summed E-state index contributed by atoms with van der Waals surface area (Å²) < 4.78 is 34.0. The molecule has 0 saturated carbocycles. The minimum atomic E-state index is -3.81. The second-order valence-corrected chi connectivity index (χ2v) is 10.2. The van der Waals surface area contributed by atoms with E-state index in [0.29, 0.717) is 22.2 Å². The van der Waals surface area contributed by atoms with E-state index in [0.717, 1.165) is 42.9 Å². The molecule has 4 rings (SSSR count). The predicted octanol–water partition coefficient (Wildman–Crippen LogP) is 5.21. The number of hydrogen-bond donors (Lipinski definition) is 3. The molecule has 1 aliphatic rings. The molecule has 0 unspecified atom stereocenters. The minimum absolute atomic E-state index is 0.145. The second-order valence-electron chi connectivity index (χ2n) is 8.15. The van der Waals surface area contributed by atoms with Crippen LogP contribution < -0.4 is 25.0 Å². The number of methoxy groups -OCH3 is 1. The molecule has 0 amide bonds.